The maximum absolute atomic E-state index is 13.8. The van der Waals surface area contributed by atoms with Gasteiger partial charge in [-0.3, -0.25) is 9.59 Å². The summed E-state index contributed by atoms with van der Waals surface area (Å²) in [5.41, 5.74) is 3.99. The highest BCUT2D eigenvalue weighted by molar-refractivity contribution is 6.38. The van der Waals surface area contributed by atoms with E-state index in [0.29, 0.717) is 0 Å². The van der Waals surface area contributed by atoms with Crippen molar-refractivity contribution in [1.29, 1.82) is 0 Å². The fourth-order valence-corrected chi connectivity index (χ4v) is 6.81. The van der Waals surface area contributed by atoms with Crippen molar-refractivity contribution in [2.45, 2.75) is 16.7 Å². The van der Waals surface area contributed by atoms with Crippen molar-refractivity contribution >= 4 is 40.7 Å². The van der Waals surface area contributed by atoms with E-state index in [2.05, 4.69) is 0 Å². The zero-order valence-corrected chi connectivity index (χ0v) is 18.0. The van der Waals surface area contributed by atoms with Gasteiger partial charge in [-0.15, -0.1) is 23.2 Å². The molecule has 1 aliphatic heterocycles. The van der Waals surface area contributed by atoms with Crippen LogP contribution in [0.4, 0.5) is 5.69 Å². The van der Waals surface area contributed by atoms with Crippen LogP contribution >= 0.6 is 23.2 Å². The average molecular weight is 450 g/mol. The molecule has 3 aliphatic carbocycles. The summed E-state index contributed by atoms with van der Waals surface area (Å²) in [6, 6.07) is 19.8. The maximum Gasteiger partial charge on any atom is 0.240 e. The zero-order chi connectivity index (χ0) is 21.7. The Hall–Kier alpha value is -2.82. The number of benzene rings is 3. The van der Waals surface area contributed by atoms with Crippen LogP contribution in [0.25, 0.3) is 0 Å². The number of aromatic hydroxyl groups is 1. The van der Waals surface area contributed by atoms with Crippen molar-refractivity contribution in [3.8, 4) is 5.75 Å². The van der Waals surface area contributed by atoms with Crippen molar-refractivity contribution in [2.24, 2.45) is 11.8 Å². The van der Waals surface area contributed by atoms with E-state index in [-0.39, 0.29) is 11.4 Å². The molecular formula is C25H17Cl2NO3. The van der Waals surface area contributed by atoms with Gasteiger partial charge in [0.1, 0.15) is 15.5 Å². The highest BCUT2D eigenvalue weighted by atomic mass is 35.5. The van der Waals surface area contributed by atoms with Crippen molar-refractivity contribution in [3.05, 3.63) is 94.5 Å². The molecule has 0 spiro atoms. The topological polar surface area (TPSA) is 57.6 Å². The lowest BCUT2D eigenvalue weighted by Crippen LogP contribution is -2.57. The molecule has 7 rings (SSSR count). The van der Waals surface area contributed by atoms with Gasteiger partial charge in [0.25, 0.3) is 0 Å². The second-order valence-corrected chi connectivity index (χ2v) is 9.67. The predicted octanol–water partition coefficient (Wildman–Crippen LogP) is 4.80. The van der Waals surface area contributed by atoms with Crippen LogP contribution in [0, 0.1) is 18.8 Å². The zero-order valence-electron chi connectivity index (χ0n) is 16.5. The summed E-state index contributed by atoms with van der Waals surface area (Å²) in [4.78, 5) is 26.3. The van der Waals surface area contributed by atoms with Gasteiger partial charge >= 0.3 is 0 Å². The Balaban J connectivity index is 1.67. The van der Waals surface area contributed by atoms with Gasteiger partial charge in [-0.25, -0.2) is 4.90 Å². The molecule has 3 aromatic rings. The summed E-state index contributed by atoms with van der Waals surface area (Å²) >= 11 is 14.8. The molecule has 3 aromatic carbocycles. The number of phenols is 1. The molecule has 2 amide bonds. The molecule has 154 valence electrons. The number of anilines is 1. The van der Waals surface area contributed by atoms with E-state index in [0.717, 1.165) is 32.7 Å². The van der Waals surface area contributed by atoms with Gasteiger partial charge < -0.3 is 5.11 Å². The lowest BCUT2D eigenvalue weighted by Gasteiger charge is -2.54. The third-order valence-corrected chi connectivity index (χ3v) is 8.24. The molecule has 4 nitrogen and oxygen atoms in total. The Kier molecular flexibility index (Phi) is 3.60. The van der Waals surface area contributed by atoms with E-state index in [4.69, 9.17) is 23.2 Å². The van der Waals surface area contributed by atoms with Crippen molar-refractivity contribution < 1.29 is 14.7 Å². The normalized spacial score (nSPS) is 30.2. The molecule has 6 heteroatoms. The third-order valence-electron chi connectivity index (χ3n) is 6.96. The molecule has 31 heavy (non-hydrogen) atoms. The summed E-state index contributed by atoms with van der Waals surface area (Å²) in [6.07, 6.45) is 0. The van der Waals surface area contributed by atoms with Gasteiger partial charge in [0, 0.05) is 0 Å². The van der Waals surface area contributed by atoms with Crippen LogP contribution in [-0.4, -0.2) is 16.9 Å². The van der Waals surface area contributed by atoms with Crippen LogP contribution in [0.3, 0.4) is 0 Å². The van der Waals surface area contributed by atoms with E-state index >= 15 is 0 Å². The third kappa shape index (κ3) is 2.03. The van der Waals surface area contributed by atoms with Crippen molar-refractivity contribution in [2.75, 3.05) is 4.90 Å². The molecule has 4 aliphatic rings. The summed E-state index contributed by atoms with van der Waals surface area (Å²) in [5.74, 6) is -2.80. The minimum Gasteiger partial charge on any atom is -0.506 e. The number of aryl methyl sites for hydroxylation is 1. The predicted molar refractivity (Wildman–Crippen MR) is 118 cm³/mol. The largest absolute Gasteiger partial charge is 0.506 e. The van der Waals surface area contributed by atoms with E-state index in [1.807, 2.05) is 55.5 Å². The first-order valence-electron chi connectivity index (χ1n) is 10.1. The molecule has 2 atom stereocenters. The lowest BCUT2D eigenvalue weighted by molar-refractivity contribution is -0.122. The quantitative estimate of drug-likeness (QED) is 0.428. The molecule has 0 aromatic heterocycles. The number of carbonyl (C=O) groups excluding carboxylic acids is 2. The first kappa shape index (κ1) is 18.9. The lowest BCUT2D eigenvalue weighted by atomic mass is 9.54. The molecule has 1 N–H and O–H groups in total. The van der Waals surface area contributed by atoms with Gasteiger partial charge in [-0.1, -0.05) is 54.6 Å². The standard InChI is InChI=1S/C25H17Cl2NO3/c1-13-10-11-19(29)18(12-13)28-22(30)20-21(23(28)31)25(27)15-7-3-2-6-14(15)24(20,26)16-8-4-5-9-17(16)25/h2-12,20-21,29H,1H3/t20-,21-,24?,25?/m1/s1. The van der Waals surface area contributed by atoms with Gasteiger partial charge in [0.15, 0.2) is 0 Å². The summed E-state index contributed by atoms with van der Waals surface area (Å²) < 4.78 is 0. The summed E-state index contributed by atoms with van der Waals surface area (Å²) in [5, 5.41) is 10.5. The second kappa shape index (κ2) is 5.90. The van der Waals surface area contributed by atoms with Crippen molar-refractivity contribution in [3.63, 3.8) is 0 Å². The molecule has 1 saturated heterocycles. The Morgan fingerprint density at radius 2 is 1.19 bits per heavy atom. The van der Waals surface area contributed by atoms with E-state index in [1.165, 1.54) is 6.07 Å². The SMILES string of the molecule is Cc1ccc(O)c(N2C(=O)[C@H]3[C@H](C2=O)C2(Cl)c4ccccc4C3(Cl)c3ccccc32)c1. The van der Waals surface area contributed by atoms with Crippen molar-refractivity contribution in [1.82, 2.24) is 0 Å². The summed E-state index contributed by atoms with van der Waals surface area (Å²) in [6.45, 7) is 1.84. The van der Waals surface area contributed by atoms with Crippen LogP contribution in [0.2, 0.25) is 0 Å². The van der Waals surface area contributed by atoms with Crippen LogP contribution in [0.1, 0.15) is 27.8 Å². The number of halogens is 2. The number of amides is 2. The van der Waals surface area contributed by atoms with Crippen LogP contribution in [0.5, 0.6) is 5.75 Å². The molecule has 1 fully saturated rings. The molecule has 0 saturated carbocycles. The van der Waals surface area contributed by atoms with Crippen LogP contribution in [0.15, 0.2) is 66.7 Å². The number of imide groups is 1. The number of phenolic OH excluding ortho intramolecular Hbond substituents is 1. The van der Waals surface area contributed by atoms with Gasteiger partial charge in [0.05, 0.1) is 17.5 Å². The highest BCUT2D eigenvalue weighted by Crippen LogP contribution is 2.69. The van der Waals surface area contributed by atoms with Crippen LogP contribution in [-0.2, 0) is 19.3 Å². The van der Waals surface area contributed by atoms with E-state index in [9.17, 15) is 14.7 Å². The Bertz CT molecular complexity index is 1200. The molecule has 0 unspecified atom stereocenters. The summed E-state index contributed by atoms with van der Waals surface area (Å²) in [7, 11) is 0. The van der Waals surface area contributed by atoms with Gasteiger partial charge in [-0.2, -0.15) is 0 Å². The number of hydrogen-bond donors (Lipinski definition) is 1. The molecule has 1 heterocycles. The van der Waals surface area contributed by atoms with Gasteiger partial charge in [-0.05, 0) is 46.9 Å². The number of nitrogens with zero attached hydrogens (tertiary/aromatic N) is 1. The number of carbonyl (C=O) groups is 2. The Morgan fingerprint density at radius 3 is 1.61 bits per heavy atom. The maximum atomic E-state index is 13.8. The average Bonchev–Trinajstić information content (AvgIpc) is 3.05. The first-order chi connectivity index (χ1) is 14.8. The minimum absolute atomic E-state index is 0.138. The fourth-order valence-electron chi connectivity index (χ4n) is 5.72. The van der Waals surface area contributed by atoms with Crippen LogP contribution < -0.4 is 4.90 Å². The smallest absolute Gasteiger partial charge is 0.240 e. The van der Waals surface area contributed by atoms with Gasteiger partial charge in [0.2, 0.25) is 11.8 Å². The van der Waals surface area contributed by atoms with E-state index in [1.54, 1.807) is 12.1 Å². The fraction of sp³-hybridized carbons (Fsp3) is 0.200. The second-order valence-electron chi connectivity index (χ2n) is 8.47. The Morgan fingerprint density at radius 1 is 0.774 bits per heavy atom. The Labute approximate surface area is 189 Å². The number of hydrogen-bond acceptors (Lipinski definition) is 3. The van der Waals surface area contributed by atoms with E-state index < -0.39 is 33.4 Å². The monoisotopic (exact) mass is 449 g/mol. The molecular weight excluding hydrogens is 433 g/mol. The minimum atomic E-state index is -1.23. The number of rotatable bonds is 1. The molecule has 0 radical (unpaired) electrons. The molecule has 2 bridgehead atoms. The highest BCUT2D eigenvalue weighted by Gasteiger charge is 2.73. The first-order valence-corrected chi connectivity index (χ1v) is 10.8. The number of alkyl halides is 2.